The third-order valence-electron chi connectivity index (χ3n) is 3.86. The highest BCUT2D eigenvalue weighted by Crippen LogP contribution is 2.10. The molecule has 2 saturated heterocycles. The number of likely N-dealkylation sites (tertiary alicyclic amines) is 1. The Balaban J connectivity index is 0.00000220. The lowest BCUT2D eigenvalue weighted by Crippen LogP contribution is -2.47. The molecule has 7 heteroatoms. The van der Waals surface area contributed by atoms with Gasteiger partial charge in [-0.1, -0.05) is 0 Å². The van der Waals surface area contributed by atoms with Crippen LogP contribution in [0.2, 0.25) is 0 Å². The normalized spacial score (nSPS) is 22.6. The molecule has 1 atom stereocenters. The predicted molar refractivity (Wildman–Crippen MR) is 94.2 cm³/mol. The van der Waals surface area contributed by atoms with E-state index in [2.05, 4.69) is 15.6 Å². The van der Waals surface area contributed by atoms with Crippen LogP contribution in [0.3, 0.4) is 0 Å². The lowest BCUT2D eigenvalue weighted by molar-refractivity contribution is -0.130. The summed E-state index contributed by atoms with van der Waals surface area (Å²) in [5.74, 6) is 0.829. The fourth-order valence-corrected chi connectivity index (χ4v) is 2.65. The lowest BCUT2D eigenvalue weighted by atomic mass is 10.1. The van der Waals surface area contributed by atoms with Crippen molar-refractivity contribution in [3.63, 3.8) is 0 Å². The van der Waals surface area contributed by atoms with Crippen molar-refractivity contribution >= 4 is 35.8 Å². The number of nitrogens with zero attached hydrogens (tertiary/aromatic N) is 2. The number of guanidine groups is 1. The number of carbonyl (C=O) groups excluding carboxylic acids is 1. The molecule has 6 nitrogen and oxygen atoms in total. The molecule has 2 aliphatic rings. The SMILES string of the molecule is CN=C(NCC(=O)N1CCCCC1)NCC1CCCO1.I. The molecular formula is C14H27IN4O2. The van der Waals surface area contributed by atoms with E-state index in [0.29, 0.717) is 12.5 Å². The molecule has 2 rings (SSSR count). The molecule has 0 aliphatic carbocycles. The van der Waals surface area contributed by atoms with E-state index in [9.17, 15) is 4.79 Å². The minimum absolute atomic E-state index is 0. The Bertz CT molecular complexity index is 340. The molecule has 0 aromatic carbocycles. The molecule has 2 N–H and O–H groups in total. The Morgan fingerprint density at radius 2 is 2.00 bits per heavy atom. The zero-order chi connectivity index (χ0) is 14.2. The number of halogens is 1. The number of hydrogen-bond donors (Lipinski definition) is 2. The third-order valence-corrected chi connectivity index (χ3v) is 3.86. The van der Waals surface area contributed by atoms with Crippen molar-refractivity contribution in [3.8, 4) is 0 Å². The van der Waals surface area contributed by atoms with E-state index in [1.54, 1.807) is 7.05 Å². The summed E-state index contributed by atoms with van der Waals surface area (Å²) in [6.07, 6.45) is 5.98. The van der Waals surface area contributed by atoms with Crippen LogP contribution in [0.25, 0.3) is 0 Å². The second-order valence-electron chi connectivity index (χ2n) is 5.38. The van der Waals surface area contributed by atoms with Crippen LogP contribution in [0, 0.1) is 0 Å². The summed E-state index contributed by atoms with van der Waals surface area (Å²) < 4.78 is 5.55. The van der Waals surface area contributed by atoms with Gasteiger partial charge in [0, 0.05) is 33.3 Å². The van der Waals surface area contributed by atoms with E-state index in [4.69, 9.17) is 4.74 Å². The van der Waals surface area contributed by atoms with Gasteiger partial charge < -0.3 is 20.3 Å². The summed E-state index contributed by atoms with van der Waals surface area (Å²) in [5.41, 5.74) is 0. The molecule has 0 spiro atoms. The lowest BCUT2D eigenvalue weighted by Gasteiger charge is -2.27. The smallest absolute Gasteiger partial charge is 0.241 e. The van der Waals surface area contributed by atoms with E-state index in [-0.39, 0.29) is 36.0 Å². The number of carbonyl (C=O) groups is 1. The number of piperidine rings is 1. The Labute approximate surface area is 144 Å². The summed E-state index contributed by atoms with van der Waals surface area (Å²) in [4.78, 5) is 18.1. The highest BCUT2D eigenvalue weighted by Gasteiger charge is 2.18. The number of nitrogens with one attached hydrogen (secondary N) is 2. The van der Waals surface area contributed by atoms with Gasteiger partial charge in [-0.15, -0.1) is 24.0 Å². The van der Waals surface area contributed by atoms with Crippen LogP contribution < -0.4 is 10.6 Å². The van der Waals surface area contributed by atoms with Crippen LogP contribution in [0.4, 0.5) is 0 Å². The van der Waals surface area contributed by atoms with Gasteiger partial charge in [0.05, 0.1) is 12.6 Å². The second kappa shape index (κ2) is 10.2. The predicted octanol–water partition coefficient (Wildman–Crippen LogP) is 0.961. The monoisotopic (exact) mass is 410 g/mol. The van der Waals surface area contributed by atoms with Crippen molar-refractivity contribution in [2.24, 2.45) is 4.99 Å². The molecular weight excluding hydrogens is 383 g/mol. The van der Waals surface area contributed by atoms with Gasteiger partial charge in [0.15, 0.2) is 5.96 Å². The largest absolute Gasteiger partial charge is 0.376 e. The molecule has 2 aliphatic heterocycles. The number of aliphatic imine (C=N–C) groups is 1. The molecule has 0 radical (unpaired) electrons. The summed E-state index contributed by atoms with van der Waals surface area (Å²) in [6.45, 7) is 3.69. The summed E-state index contributed by atoms with van der Waals surface area (Å²) >= 11 is 0. The average Bonchev–Trinajstić information content (AvgIpc) is 3.01. The molecule has 1 amide bonds. The van der Waals surface area contributed by atoms with Gasteiger partial charge in [-0.05, 0) is 32.1 Å². The molecule has 2 fully saturated rings. The first-order valence-electron chi connectivity index (χ1n) is 7.63. The minimum atomic E-state index is 0. The standard InChI is InChI=1S/C14H26N4O2.HI/c1-15-14(16-10-12-6-5-9-20-12)17-11-13(19)18-7-3-2-4-8-18;/h12H,2-11H2,1H3,(H2,15,16,17);1H. The van der Waals surface area contributed by atoms with E-state index in [0.717, 1.165) is 51.9 Å². The van der Waals surface area contributed by atoms with E-state index < -0.39 is 0 Å². The summed E-state index contributed by atoms with van der Waals surface area (Å²) in [7, 11) is 1.72. The topological polar surface area (TPSA) is 66.0 Å². The Hall–Kier alpha value is -0.570. The molecule has 21 heavy (non-hydrogen) atoms. The van der Waals surface area contributed by atoms with Crippen molar-refractivity contribution in [1.29, 1.82) is 0 Å². The fraction of sp³-hybridized carbons (Fsp3) is 0.857. The number of ether oxygens (including phenoxy) is 1. The molecule has 1 unspecified atom stereocenters. The van der Waals surface area contributed by atoms with Crippen LogP contribution in [0.1, 0.15) is 32.1 Å². The van der Waals surface area contributed by atoms with Crippen molar-refractivity contribution in [1.82, 2.24) is 15.5 Å². The van der Waals surface area contributed by atoms with Gasteiger partial charge in [0.1, 0.15) is 0 Å². The van der Waals surface area contributed by atoms with Gasteiger partial charge in [0.2, 0.25) is 5.91 Å². The van der Waals surface area contributed by atoms with Crippen molar-refractivity contribution < 1.29 is 9.53 Å². The van der Waals surface area contributed by atoms with Gasteiger partial charge in [-0.3, -0.25) is 9.79 Å². The Kier molecular flexibility index (Phi) is 8.98. The molecule has 122 valence electrons. The molecule has 0 aromatic heterocycles. The van der Waals surface area contributed by atoms with E-state index in [1.807, 2.05) is 4.90 Å². The first kappa shape index (κ1) is 18.5. The van der Waals surface area contributed by atoms with Crippen LogP contribution in [-0.4, -0.2) is 62.7 Å². The maximum absolute atomic E-state index is 12.0. The van der Waals surface area contributed by atoms with Gasteiger partial charge >= 0.3 is 0 Å². The van der Waals surface area contributed by atoms with Crippen molar-refractivity contribution in [2.45, 2.75) is 38.2 Å². The second-order valence-corrected chi connectivity index (χ2v) is 5.38. The Morgan fingerprint density at radius 3 is 2.62 bits per heavy atom. The van der Waals surface area contributed by atoms with Gasteiger partial charge in [-0.25, -0.2) is 0 Å². The highest BCUT2D eigenvalue weighted by molar-refractivity contribution is 14.0. The van der Waals surface area contributed by atoms with Crippen molar-refractivity contribution in [3.05, 3.63) is 0 Å². The third kappa shape index (κ3) is 6.37. The van der Waals surface area contributed by atoms with Crippen LogP contribution in [-0.2, 0) is 9.53 Å². The van der Waals surface area contributed by atoms with E-state index >= 15 is 0 Å². The number of rotatable bonds is 4. The highest BCUT2D eigenvalue weighted by atomic mass is 127. The Morgan fingerprint density at radius 1 is 1.24 bits per heavy atom. The van der Waals surface area contributed by atoms with Crippen LogP contribution in [0.15, 0.2) is 4.99 Å². The quantitative estimate of drug-likeness (QED) is 0.412. The zero-order valence-corrected chi connectivity index (χ0v) is 15.1. The van der Waals surface area contributed by atoms with Crippen molar-refractivity contribution in [2.75, 3.05) is 39.8 Å². The molecule has 0 bridgehead atoms. The number of hydrogen-bond acceptors (Lipinski definition) is 3. The first-order chi connectivity index (χ1) is 9.79. The molecule has 2 heterocycles. The minimum Gasteiger partial charge on any atom is -0.376 e. The summed E-state index contributed by atoms with van der Waals surface area (Å²) in [6, 6.07) is 0. The van der Waals surface area contributed by atoms with Gasteiger partial charge in [0.25, 0.3) is 0 Å². The summed E-state index contributed by atoms with van der Waals surface area (Å²) in [5, 5.41) is 6.30. The maximum atomic E-state index is 12.0. The maximum Gasteiger partial charge on any atom is 0.241 e. The zero-order valence-electron chi connectivity index (χ0n) is 12.8. The van der Waals surface area contributed by atoms with Crippen LogP contribution >= 0.6 is 24.0 Å². The fourth-order valence-electron chi connectivity index (χ4n) is 2.65. The number of amides is 1. The first-order valence-corrected chi connectivity index (χ1v) is 7.63. The average molecular weight is 410 g/mol. The van der Waals surface area contributed by atoms with Crippen LogP contribution in [0.5, 0.6) is 0 Å². The molecule has 0 aromatic rings. The van der Waals surface area contributed by atoms with Gasteiger partial charge in [-0.2, -0.15) is 0 Å². The molecule has 0 saturated carbocycles. The van der Waals surface area contributed by atoms with E-state index in [1.165, 1.54) is 6.42 Å².